The largest absolute Gasteiger partial charge is 0.464 e. The van der Waals surface area contributed by atoms with Crippen molar-refractivity contribution < 1.29 is 18.8 Å². The predicted octanol–water partition coefficient (Wildman–Crippen LogP) is 2.37. The Kier molecular flexibility index (Phi) is 5.74. The van der Waals surface area contributed by atoms with E-state index in [9.17, 15) is 9.59 Å². The molecule has 2 aliphatic rings. The first-order valence-electron chi connectivity index (χ1n) is 9.41. The smallest absolute Gasteiger partial charge is 0.325 e. The summed E-state index contributed by atoms with van der Waals surface area (Å²) in [6.07, 6.45) is 6.19. The number of nitrogens with one attached hydrogen (secondary N) is 1. The molecule has 0 saturated carbocycles. The second-order valence-corrected chi connectivity index (χ2v) is 7.62. The molecule has 5 nitrogen and oxygen atoms in total. The number of amides is 1. The second-order valence-electron chi connectivity index (χ2n) is 7.62. The number of quaternary nitrogens is 1. The summed E-state index contributed by atoms with van der Waals surface area (Å²) in [5.41, 5.74) is 0.554. The molecule has 0 aliphatic carbocycles. The second kappa shape index (κ2) is 8.00. The van der Waals surface area contributed by atoms with Gasteiger partial charge in [-0.25, -0.2) is 0 Å². The van der Waals surface area contributed by atoms with Crippen molar-refractivity contribution in [2.24, 2.45) is 5.92 Å². The first-order chi connectivity index (χ1) is 12.1. The van der Waals surface area contributed by atoms with Gasteiger partial charge in [0.15, 0.2) is 0 Å². The van der Waals surface area contributed by atoms with Crippen molar-refractivity contribution in [2.75, 3.05) is 33.3 Å². The van der Waals surface area contributed by atoms with Gasteiger partial charge in [0.25, 0.3) is 5.91 Å². The van der Waals surface area contributed by atoms with Crippen LogP contribution in [-0.4, -0.2) is 55.7 Å². The first-order valence-corrected chi connectivity index (χ1v) is 9.41. The average molecular weight is 345 g/mol. The van der Waals surface area contributed by atoms with Crippen LogP contribution >= 0.6 is 0 Å². The minimum absolute atomic E-state index is 0.0722. The molecule has 5 heteroatoms. The molecule has 136 valence electrons. The monoisotopic (exact) mass is 345 g/mol. The molecule has 1 aromatic carbocycles. The Labute approximate surface area is 149 Å². The molecule has 0 unspecified atom stereocenters. The lowest BCUT2D eigenvalue weighted by Gasteiger charge is -2.51. The summed E-state index contributed by atoms with van der Waals surface area (Å²) in [5, 5.41) is 2.63. The number of fused-ring (bicyclic) bond motifs is 1. The van der Waals surface area contributed by atoms with E-state index in [1.807, 2.05) is 6.07 Å². The number of carbonyl (C=O) groups is 2. The Morgan fingerprint density at radius 1 is 1.12 bits per heavy atom. The van der Waals surface area contributed by atoms with Crippen LogP contribution in [0.5, 0.6) is 0 Å². The number of carbonyl (C=O) groups excluding carboxylic acids is 2. The Morgan fingerprint density at radius 3 is 2.68 bits per heavy atom. The number of benzene rings is 1. The fourth-order valence-electron chi connectivity index (χ4n) is 4.52. The van der Waals surface area contributed by atoms with Crippen LogP contribution in [0.2, 0.25) is 0 Å². The summed E-state index contributed by atoms with van der Waals surface area (Å²) in [5.74, 6) is -0.139. The summed E-state index contributed by atoms with van der Waals surface area (Å²) in [4.78, 5) is 24.0. The van der Waals surface area contributed by atoms with Crippen molar-refractivity contribution in [3.8, 4) is 0 Å². The van der Waals surface area contributed by atoms with Gasteiger partial charge in [-0.1, -0.05) is 18.2 Å². The van der Waals surface area contributed by atoms with E-state index >= 15 is 0 Å². The molecule has 1 amide bonds. The fourth-order valence-corrected chi connectivity index (χ4v) is 4.52. The molecule has 3 atom stereocenters. The van der Waals surface area contributed by atoms with Gasteiger partial charge in [-0.2, -0.15) is 0 Å². The SMILES string of the molecule is C[N@+]12CCCC[C@@H]1[C@H](COC(=O)CNC(=O)c1ccccc1)CCC2. The highest BCUT2D eigenvalue weighted by atomic mass is 16.5. The standard InChI is InChI=1S/C20H28N2O3/c1-22-12-6-5-11-18(22)17(10-7-13-22)15-25-19(23)14-21-20(24)16-8-3-2-4-9-16/h2-4,8-9,17-18H,5-7,10-15H2,1H3/p+1/t17-,18+,22+/m0/s1. The van der Waals surface area contributed by atoms with E-state index in [4.69, 9.17) is 4.74 Å². The molecule has 0 bridgehead atoms. The van der Waals surface area contributed by atoms with Crippen molar-refractivity contribution in [2.45, 2.75) is 38.1 Å². The number of rotatable bonds is 5. The van der Waals surface area contributed by atoms with Crippen molar-refractivity contribution >= 4 is 11.9 Å². The molecule has 25 heavy (non-hydrogen) atoms. The fraction of sp³-hybridized carbons (Fsp3) is 0.600. The molecule has 2 heterocycles. The van der Waals surface area contributed by atoms with E-state index in [0.717, 1.165) is 10.9 Å². The van der Waals surface area contributed by atoms with Gasteiger partial charge in [0.1, 0.15) is 6.54 Å². The van der Waals surface area contributed by atoms with Gasteiger partial charge in [-0.3, -0.25) is 9.59 Å². The van der Waals surface area contributed by atoms with Gasteiger partial charge in [-0.05, 0) is 37.8 Å². The highest BCUT2D eigenvalue weighted by Gasteiger charge is 2.43. The van der Waals surface area contributed by atoms with Crippen LogP contribution in [0, 0.1) is 5.92 Å². The summed E-state index contributed by atoms with van der Waals surface area (Å²) in [6, 6.07) is 9.53. The maximum Gasteiger partial charge on any atom is 0.325 e. The third-order valence-corrected chi connectivity index (χ3v) is 5.90. The number of hydrogen-bond acceptors (Lipinski definition) is 3. The van der Waals surface area contributed by atoms with Crippen LogP contribution in [0.15, 0.2) is 30.3 Å². The van der Waals surface area contributed by atoms with Gasteiger partial charge in [0.2, 0.25) is 0 Å². The van der Waals surface area contributed by atoms with E-state index in [1.165, 1.54) is 38.8 Å². The molecule has 2 saturated heterocycles. The van der Waals surface area contributed by atoms with Crippen molar-refractivity contribution in [3.63, 3.8) is 0 Å². The van der Waals surface area contributed by atoms with Crippen LogP contribution in [0.25, 0.3) is 0 Å². The van der Waals surface area contributed by atoms with Gasteiger partial charge in [0, 0.05) is 17.9 Å². The molecule has 2 aliphatic heterocycles. The Balaban J connectivity index is 1.45. The molecule has 0 radical (unpaired) electrons. The number of piperidine rings is 2. The third kappa shape index (κ3) is 4.40. The van der Waals surface area contributed by atoms with Crippen molar-refractivity contribution in [1.29, 1.82) is 0 Å². The number of nitrogens with zero attached hydrogens (tertiary/aromatic N) is 1. The van der Waals surface area contributed by atoms with Gasteiger partial charge < -0.3 is 14.5 Å². The summed E-state index contributed by atoms with van der Waals surface area (Å²) >= 11 is 0. The molecule has 1 N–H and O–H groups in total. The lowest BCUT2D eigenvalue weighted by Crippen LogP contribution is -2.61. The van der Waals surface area contributed by atoms with Crippen LogP contribution in [-0.2, 0) is 9.53 Å². The van der Waals surface area contributed by atoms with Gasteiger partial charge in [-0.15, -0.1) is 0 Å². The zero-order valence-corrected chi connectivity index (χ0v) is 15.1. The topological polar surface area (TPSA) is 55.4 Å². The number of esters is 1. The molecule has 0 aromatic heterocycles. The van der Waals surface area contributed by atoms with Crippen molar-refractivity contribution in [3.05, 3.63) is 35.9 Å². The summed E-state index contributed by atoms with van der Waals surface area (Å²) in [7, 11) is 2.36. The van der Waals surface area contributed by atoms with Crippen LogP contribution in [0.1, 0.15) is 42.5 Å². The maximum atomic E-state index is 12.0. The molecular formula is C20H29N2O3+. The van der Waals surface area contributed by atoms with Crippen molar-refractivity contribution in [1.82, 2.24) is 5.32 Å². The number of hydrogen-bond donors (Lipinski definition) is 1. The minimum atomic E-state index is -0.347. The van der Waals surface area contributed by atoms with Gasteiger partial charge >= 0.3 is 5.97 Å². The lowest BCUT2D eigenvalue weighted by atomic mass is 9.82. The van der Waals surface area contributed by atoms with Crippen LogP contribution in [0.3, 0.4) is 0 Å². The zero-order valence-electron chi connectivity index (χ0n) is 15.1. The van der Waals surface area contributed by atoms with E-state index in [1.54, 1.807) is 24.3 Å². The number of ether oxygens (including phenoxy) is 1. The van der Waals surface area contributed by atoms with Gasteiger partial charge in [0.05, 0.1) is 32.8 Å². The normalized spacial score (nSPS) is 28.7. The average Bonchev–Trinajstić information content (AvgIpc) is 2.64. The maximum absolute atomic E-state index is 12.0. The molecular weight excluding hydrogens is 316 g/mol. The Hall–Kier alpha value is -1.88. The lowest BCUT2D eigenvalue weighted by molar-refractivity contribution is -0.947. The Bertz CT molecular complexity index is 600. The molecule has 0 spiro atoms. The van der Waals surface area contributed by atoms with E-state index < -0.39 is 0 Å². The highest BCUT2D eigenvalue weighted by Crippen LogP contribution is 2.36. The van der Waals surface area contributed by atoms with E-state index in [-0.39, 0.29) is 18.4 Å². The predicted molar refractivity (Wildman–Crippen MR) is 96.0 cm³/mol. The summed E-state index contributed by atoms with van der Waals surface area (Å²) in [6.45, 7) is 2.92. The van der Waals surface area contributed by atoms with E-state index in [0.29, 0.717) is 24.1 Å². The molecule has 3 rings (SSSR count). The third-order valence-electron chi connectivity index (χ3n) is 5.90. The van der Waals surface area contributed by atoms with Crippen LogP contribution in [0.4, 0.5) is 0 Å². The van der Waals surface area contributed by atoms with E-state index in [2.05, 4.69) is 12.4 Å². The minimum Gasteiger partial charge on any atom is -0.464 e. The van der Waals surface area contributed by atoms with Crippen LogP contribution < -0.4 is 5.32 Å². The molecule has 1 aromatic rings. The zero-order chi connectivity index (χ0) is 17.7. The Morgan fingerprint density at radius 2 is 1.88 bits per heavy atom. The first kappa shape index (κ1) is 17.9. The highest BCUT2D eigenvalue weighted by molar-refractivity contribution is 5.95. The molecule has 2 fully saturated rings. The quantitative estimate of drug-likeness (QED) is 0.658. The summed E-state index contributed by atoms with van der Waals surface area (Å²) < 4.78 is 6.64.